The van der Waals surface area contributed by atoms with Crippen LogP contribution in [0, 0.1) is 5.82 Å². The Morgan fingerprint density at radius 1 is 1.11 bits per heavy atom. The van der Waals surface area contributed by atoms with Crippen molar-refractivity contribution in [2.24, 2.45) is 0 Å². The van der Waals surface area contributed by atoms with Crippen LogP contribution in [0.4, 0.5) is 10.1 Å². The smallest absolute Gasteiger partial charge is 0.146 e. The summed E-state index contributed by atoms with van der Waals surface area (Å²) >= 11 is 12.6. The first kappa shape index (κ1) is 13.8. The molecule has 0 aliphatic carbocycles. The van der Waals surface area contributed by atoms with E-state index in [1.807, 2.05) is 12.1 Å². The number of anilines is 1. The van der Waals surface area contributed by atoms with Gasteiger partial charge in [0.1, 0.15) is 5.82 Å². The normalized spacial score (nSPS) is 10.4. The largest absolute Gasteiger partial charge is 0.379 e. The molecule has 0 radical (unpaired) electrons. The van der Waals surface area contributed by atoms with Gasteiger partial charge >= 0.3 is 0 Å². The minimum Gasteiger partial charge on any atom is -0.379 e. The standard InChI is InChI=1S/C13H9Br2ClFN/c14-9-2-4-12(17)13(6-9)18-7-8-1-3-11(16)10(15)5-8/h1-6,18H,7H2. The van der Waals surface area contributed by atoms with Crippen molar-refractivity contribution in [2.75, 3.05) is 5.32 Å². The molecule has 18 heavy (non-hydrogen) atoms. The maximum Gasteiger partial charge on any atom is 0.146 e. The van der Waals surface area contributed by atoms with Crippen LogP contribution in [0.15, 0.2) is 45.3 Å². The lowest BCUT2D eigenvalue weighted by Crippen LogP contribution is -2.01. The third-order valence-electron chi connectivity index (χ3n) is 2.40. The summed E-state index contributed by atoms with van der Waals surface area (Å²) in [5, 5.41) is 3.71. The van der Waals surface area contributed by atoms with E-state index < -0.39 is 0 Å². The molecule has 2 rings (SSSR count). The molecule has 1 N–H and O–H groups in total. The van der Waals surface area contributed by atoms with E-state index in [9.17, 15) is 4.39 Å². The highest BCUT2D eigenvalue weighted by atomic mass is 79.9. The summed E-state index contributed by atoms with van der Waals surface area (Å²) in [4.78, 5) is 0. The predicted molar refractivity (Wildman–Crippen MR) is 80.6 cm³/mol. The Hall–Kier alpha value is -0.580. The van der Waals surface area contributed by atoms with E-state index in [1.54, 1.807) is 18.2 Å². The Kier molecular flexibility index (Phi) is 4.65. The highest BCUT2D eigenvalue weighted by Gasteiger charge is 2.03. The monoisotopic (exact) mass is 391 g/mol. The van der Waals surface area contributed by atoms with Crippen LogP contribution in [0.25, 0.3) is 0 Å². The summed E-state index contributed by atoms with van der Waals surface area (Å²) in [6, 6.07) is 10.4. The molecule has 0 fully saturated rings. The second kappa shape index (κ2) is 6.04. The molecular weight excluding hydrogens is 384 g/mol. The fourth-order valence-corrected chi connectivity index (χ4v) is 2.38. The zero-order valence-corrected chi connectivity index (χ0v) is 13.1. The van der Waals surface area contributed by atoms with E-state index in [4.69, 9.17) is 11.6 Å². The lowest BCUT2D eigenvalue weighted by Gasteiger charge is -2.09. The molecule has 0 aliphatic rings. The maximum atomic E-state index is 13.5. The molecule has 0 atom stereocenters. The quantitative estimate of drug-likeness (QED) is 0.714. The summed E-state index contributed by atoms with van der Waals surface area (Å²) in [6.07, 6.45) is 0. The van der Waals surface area contributed by atoms with E-state index in [2.05, 4.69) is 37.2 Å². The highest BCUT2D eigenvalue weighted by molar-refractivity contribution is 9.10. The number of hydrogen-bond donors (Lipinski definition) is 1. The van der Waals surface area contributed by atoms with E-state index in [0.717, 1.165) is 14.5 Å². The first-order valence-electron chi connectivity index (χ1n) is 5.19. The molecule has 0 aliphatic heterocycles. The van der Waals surface area contributed by atoms with E-state index in [-0.39, 0.29) is 5.82 Å². The first-order chi connectivity index (χ1) is 8.56. The molecule has 5 heteroatoms. The van der Waals surface area contributed by atoms with Crippen LogP contribution < -0.4 is 5.32 Å². The van der Waals surface area contributed by atoms with Gasteiger partial charge in [-0.15, -0.1) is 0 Å². The van der Waals surface area contributed by atoms with Crippen molar-refractivity contribution in [2.45, 2.75) is 6.54 Å². The Bertz CT molecular complexity index is 575. The number of rotatable bonds is 3. The van der Waals surface area contributed by atoms with Gasteiger partial charge in [-0.05, 0) is 51.8 Å². The zero-order chi connectivity index (χ0) is 13.1. The fourth-order valence-electron chi connectivity index (χ4n) is 1.48. The summed E-state index contributed by atoms with van der Waals surface area (Å²) in [5.41, 5.74) is 1.49. The summed E-state index contributed by atoms with van der Waals surface area (Å²) in [6.45, 7) is 0.531. The topological polar surface area (TPSA) is 12.0 Å². The van der Waals surface area contributed by atoms with Gasteiger partial charge in [-0.2, -0.15) is 0 Å². The van der Waals surface area contributed by atoms with Gasteiger partial charge in [0.05, 0.1) is 10.7 Å². The summed E-state index contributed by atoms with van der Waals surface area (Å²) in [5.74, 6) is -0.272. The number of benzene rings is 2. The average molecular weight is 393 g/mol. The number of hydrogen-bond acceptors (Lipinski definition) is 1. The molecule has 0 unspecified atom stereocenters. The van der Waals surface area contributed by atoms with E-state index >= 15 is 0 Å². The molecule has 0 aromatic heterocycles. The molecule has 0 saturated carbocycles. The van der Waals surface area contributed by atoms with Crippen molar-refractivity contribution in [1.29, 1.82) is 0 Å². The SMILES string of the molecule is Fc1ccc(Br)cc1NCc1ccc(Cl)c(Br)c1. The van der Waals surface area contributed by atoms with Crippen molar-refractivity contribution >= 4 is 49.1 Å². The lowest BCUT2D eigenvalue weighted by atomic mass is 10.2. The molecule has 2 aromatic carbocycles. The van der Waals surface area contributed by atoms with Crippen LogP contribution in [0.1, 0.15) is 5.56 Å². The Labute approximate surface area is 127 Å². The van der Waals surface area contributed by atoms with Crippen LogP contribution in [0.3, 0.4) is 0 Å². The van der Waals surface area contributed by atoms with Crippen molar-refractivity contribution < 1.29 is 4.39 Å². The van der Waals surface area contributed by atoms with Crippen LogP contribution in [0.5, 0.6) is 0 Å². The molecular formula is C13H9Br2ClFN. The van der Waals surface area contributed by atoms with Crippen LogP contribution >= 0.6 is 43.5 Å². The van der Waals surface area contributed by atoms with Gasteiger partial charge in [-0.1, -0.05) is 33.6 Å². The first-order valence-corrected chi connectivity index (χ1v) is 7.15. The molecule has 0 saturated heterocycles. The Morgan fingerprint density at radius 3 is 2.61 bits per heavy atom. The number of halogens is 4. The number of nitrogens with one attached hydrogen (secondary N) is 1. The Balaban J connectivity index is 2.11. The minimum atomic E-state index is -0.272. The van der Waals surface area contributed by atoms with Gasteiger partial charge in [-0.25, -0.2) is 4.39 Å². The molecule has 2 aromatic rings. The predicted octanol–water partition coefficient (Wildman–Crippen LogP) is 5.62. The molecule has 1 nitrogen and oxygen atoms in total. The van der Waals surface area contributed by atoms with Gasteiger partial charge in [-0.3, -0.25) is 0 Å². The fraction of sp³-hybridized carbons (Fsp3) is 0.0769. The van der Waals surface area contributed by atoms with Crippen LogP contribution in [-0.2, 0) is 6.54 Å². The maximum absolute atomic E-state index is 13.5. The van der Waals surface area contributed by atoms with Crippen molar-refractivity contribution in [1.82, 2.24) is 0 Å². The third-order valence-corrected chi connectivity index (χ3v) is 4.10. The minimum absolute atomic E-state index is 0.272. The molecule has 94 valence electrons. The van der Waals surface area contributed by atoms with Crippen LogP contribution in [0.2, 0.25) is 5.02 Å². The Morgan fingerprint density at radius 2 is 1.89 bits per heavy atom. The van der Waals surface area contributed by atoms with Gasteiger partial charge < -0.3 is 5.32 Å². The molecule has 0 amide bonds. The highest BCUT2D eigenvalue weighted by Crippen LogP contribution is 2.24. The molecule has 0 bridgehead atoms. The van der Waals surface area contributed by atoms with E-state index in [0.29, 0.717) is 17.3 Å². The summed E-state index contributed by atoms with van der Waals surface area (Å²) in [7, 11) is 0. The average Bonchev–Trinajstić information content (AvgIpc) is 2.34. The van der Waals surface area contributed by atoms with Crippen molar-refractivity contribution in [3.63, 3.8) is 0 Å². The van der Waals surface area contributed by atoms with Crippen molar-refractivity contribution in [3.05, 3.63) is 61.7 Å². The van der Waals surface area contributed by atoms with Crippen molar-refractivity contribution in [3.8, 4) is 0 Å². The second-order valence-electron chi connectivity index (χ2n) is 3.73. The van der Waals surface area contributed by atoms with Gasteiger partial charge in [0.2, 0.25) is 0 Å². The van der Waals surface area contributed by atoms with Gasteiger partial charge in [0.15, 0.2) is 0 Å². The molecule has 0 heterocycles. The lowest BCUT2D eigenvalue weighted by molar-refractivity contribution is 0.630. The van der Waals surface area contributed by atoms with Gasteiger partial charge in [0, 0.05) is 15.5 Å². The zero-order valence-electron chi connectivity index (χ0n) is 9.18. The van der Waals surface area contributed by atoms with Crippen LogP contribution in [-0.4, -0.2) is 0 Å². The summed E-state index contributed by atoms with van der Waals surface area (Å²) < 4.78 is 15.2. The molecule has 0 spiro atoms. The van der Waals surface area contributed by atoms with E-state index in [1.165, 1.54) is 6.07 Å². The van der Waals surface area contributed by atoms with Gasteiger partial charge in [0.25, 0.3) is 0 Å². The third kappa shape index (κ3) is 3.46. The second-order valence-corrected chi connectivity index (χ2v) is 5.90.